The second-order valence-electron chi connectivity index (χ2n) is 4.96. The molecule has 3 aromatic heterocycles. The number of aromatic amines is 1. The second-order valence-corrected chi connectivity index (χ2v) is 4.96. The number of nitrogens with zero attached hydrogens (tertiary/aromatic N) is 3. The number of hydrogen-bond acceptors (Lipinski definition) is 4. The van der Waals surface area contributed by atoms with Gasteiger partial charge in [-0.25, -0.2) is 4.98 Å². The Morgan fingerprint density at radius 1 is 1.14 bits per heavy atom. The van der Waals surface area contributed by atoms with Crippen molar-refractivity contribution in [3.63, 3.8) is 0 Å². The van der Waals surface area contributed by atoms with Crippen LogP contribution in [0.3, 0.4) is 0 Å². The number of anilines is 1. The van der Waals surface area contributed by atoms with Crippen molar-refractivity contribution in [1.82, 2.24) is 19.5 Å². The number of imidazole rings is 1. The maximum Gasteiger partial charge on any atom is 0.146 e. The molecule has 1 aromatic carbocycles. The smallest absolute Gasteiger partial charge is 0.146 e. The van der Waals surface area contributed by atoms with E-state index in [1.165, 1.54) is 0 Å². The fourth-order valence-electron chi connectivity index (χ4n) is 2.53. The average Bonchev–Trinajstić information content (AvgIpc) is 3.08. The minimum absolute atomic E-state index is 0.0698. The molecule has 3 heterocycles. The van der Waals surface area contributed by atoms with Crippen LogP contribution < -0.4 is 5.73 Å². The van der Waals surface area contributed by atoms with Crippen LogP contribution in [0, 0.1) is 0 Å². The molecule has 6 nitrogen and oxygen atoms in total. The standard InChI is InChI=1S/C16H13N5O/c17-15-14(16-19-11-5-1-2-6-12(11)20-16)13(22)9-21(15)10-4-3-7-18-8-10/h1-9,22H,17H2,(H,19,20). The first-order chi connectivity index (χ1) is 10.7. The fraction of sp³-hybridized carbons (Fsp3) is 0. The molecule has 0 spiro atoms. The van der Waals surface area contributed by atoms with Crippen molar-refractivity contribution >= 4 is 16.9 Å². The number of H-pyrrole nitrogens is 1. The van der Waals surface area contributed by atoms with Gasteiger partial charge in [0, 0.05) is 6.20 Å². The summed E-state index contributed by atoms with van der Waals surface area (Å²) < 4.78 is 1.69. The molecule has 0 saturated carbocycles. The number of pyridine rings is 1. The molecule has 0 bridgehead atoms. The topological polar surface area (TPSA) is 92.7 Å². The van der Waals surface area contributed by atoms with E-state index in [9.17, 15) is 5.11 Å². The Morgan fingerprint density at radius 3 is 2.77 bits per heavy atom. The lowest BCUT2D eigenvalue weighted by Crippen LogP contribution is -2.00. The molecule has 22 heavy (non-hydrogen) atoms. The largest absolute Gasteiger partial charge is 0.505 e. The van der Waals surface area contributed by atoms with Gasteiger partial charge in [-0.1, -0.05) is 12.1 Å². The predicted molar refractivity (Wildman–Crippen MR) is 84.7 cm³/mol. The van der Waals surface area contributed by atoms with E-state index in [1.807, 2.05) is 36.4 Å². The van der Waals surface area contributed by atoms with Gasteiger partial charge in [-0.3, -0.25) is 9.55 Å². The Kier molecular flexibility index (Phi) is 2.62. The SMILES string of the molecule is Nc1c(-c2nc3ccccc3[nH]2)c(O)cn1-c1cccnc1. The summed E-state index contributed by atoms with van der Waals surface area (Å²) in [7, 11) is 0. The zero-order chi connectivity index (χ0) is 15.1. The van der Waals surface area contributed by atoms with E-state index < -0.39 is 0 Å². The highest BCUT2D eigenvalue weighted by Gasteiger charge is 2.19. The number of hydrogen-bond donors (Lipinski definition) is 3. The molecule has 0 aliphatic heterocycles. The molecule has 4 aromatic rings. The van der Waals surface area contributed by atoms with Crippen molar-refractivity contribution in [2.75, 3.05) is 5.73 Å². The first-order valence-electron chi connectivity index (χ1n) is 6.79. The fourth-order valence-corrected chi connectivity index (χ4v) is 2.53. The first-order valence-corrected chi connectivity index (χ1v) is 6.79. The quantitative estimate of drug-likeness (QED) is 0.529. The number of fused-ring (bicyclic) bond motifs is 1. The van der Waals surface area contributed by atoms with E-state index in [0.717, 1.165) is 16.7 Å². The van der Waals surface area contributed by atoms with E-state index in [-0.39, 0.29) is 5.75 Å². The van der Waals surface area contributed by atoms with Crippen molar-refractivity contribution in [3.05, 3.63) is 55.0 Å². The summed E-state index contributed by atoms with van der Waals surface area (Å²) in [6, 6.07) is 11.3. The number of aromatic hydroxyl groups is 1. The maximum atomic E-state index is 10.3. The van der Waals surface area contributed by atoms with Crippen LogP contribution in [-0.4, -0.2) is 24.6 Å². The van der Waals surface area contributed by atoms with Gasteiger partial charge in [-0.2, -0.15) is 0 Å². The molecular weight excluding hydrogens is 278 g/mol. The lowest BCUT2D eigenvalue weighted by Gasteiger charge is -2.04. The number of nitrogens with two attached hydrogens (primary N) is 1. The van der Waals surface area contributed by atoms with Gasteiger partial charge in [-0.15, -0.1) is 0 Å². The average molecular weight is 291 g/mol. The predicted octanol–water partition coefficient (Wildman–Crippen LogP) is 2.70. The molecule has 108 valence electrons. The molecule has 0 fully saturated rings. The maximum absolute atomic E-state index is 10.3. The Morgan fingerprint density at radius 2 is 2.00 bits per heavy atom. The molecule has 4 rings (SSSR count). The Balaban J connectivity index is 1.91. The van der Waals surface area contributed by atoms with E-state index in [1.54, 1.807) is 23.2 Å². The molecule has 0 atom stereocenters. The van der Waals surface area contributed by atoms with E-state index in [4.69, 9.17) is 5.73 Å². The van der Waals surface area contributed by atoms with Gasteiger partial charge in [0.25, 0.3) is 0 Å². The normalized spacial score (nSPS) is 11.1. The third-order valence-electron chi connectivity index (χ3n) is 3.57. The minimum atomic E-state index is 0.0698. The lowest BCUT2D eigenvalue weighted by molar-refractivity contribution is 0.477. The van der Waals surface area contributed by atoms with Gasteiger partial charge < -0.3 is 15.8 Å². The third-order valence-corrected chi connectivity index (χ3v) is 3.57. The van der Waals surface area contributed by atoms with Gasteiger partial charge in [0.2, 0.25) is 0 Å². The van der Waals surface area contributed by atoms with Crippen LogP contribution in [-0.2, 0) is 0 Å². The van der Waals surface area contributed by atoms with Gasteiger partial charge in [0.1, 0.15) is 23.0 Å². The van der Waals surface area contributed by atoms with E-state index in [0.29, 0.717) is 17.2 Å². The molecule has 0 radical (unpaired) electrons. The van der Waals surface area contributed by atoms with Crippen molar-refractivity contribution in [2.45, 2.75) is 0 Å². The summed E-state index contributed by atoms with van der Waals surface area (Å²) in [4.78, 5) is 11.7. The molecule has 0 saturated heterocycles. The second kappa shape index (κ2) is 4.63. The monoisotopic (exact) mass is 291 g/mol. The number of benzene rings is 1. The van der Waals surface area contributed by atoms with Crippen LogP contribution in [0.4, 0.5) is 5.82 Å². The molecule has 6 heteroatoms. The van der Waals surface area contributed by atoms with E-state index >= 15 is 0 Å². The molecule has 4 N–H and O–H groups in total. The zero-order valence-electron chi connectivity index (χ0n) is 11.6. The highest BCUT2D eigenvalue weighted by Crippen LogP contribution is 2.37. The molecular formula is C16H13N5O. The van der Waals surface area contributed by atoms with Crippen molar-refractivity contribution in [2.24, 2.45) is 0 Å². The van der Waals surface area contributed by atoms with Gasteiger partial charge in [0.15, 0.2) is 0 Å². The number of rotatable bonds is 2. The van der Waals surface area contributed by atoms with Gasteiger partial charge >= 0.3 is 0 Å². The van der Waals surface area contributed by atoms with Crippen LogP contribution in [0.2, 0.25) is 0 Å². The third kappa shape index (κ3) is 1.81. The lowest BCUT2D eigenvalue weighted by atomic mass is 10.3. The Labute approximate surface area is 125 Å². The number of nitrogen functional groups attached to an aromatic ring is 1. The summed E-state index contributed by atoms with van der Waals surface area (Å²) in [5.41, 5.74) is 9.19. The van der Waals surface area contributed by atoms with Gasteiger partial charge in [0.05, 0.1) is 29.1 Å². The molecule has 0 unspecified atom stereocenters. The summed E-state index contributed by atoms with van der Waals surface area (Å²) in [6.45, 7) is 0. The highest BCUT2D eigenvalue weighted by atomic mass is 16.3. The van der Waals surface area contributed by atoms with Gasteiger partial charge in [-0.05, 0) is 24.3 Å². The summed E-state index contributed by atoms with van der Waals surface area (Å²) >= 11 is 0. The first kappa shape index (κ1) is 12.5. The zero-order valence-corrected chi connectivity index (χ0v) is 11.6. The number of aromatic nitrogens is 4. The van der Waals surface area contributed by atoms with Crippen LogP contribution in [0.25, 0.3) is 28.1 Å². The summed E-state index contributed by atoms with van der Waals surface area (Å²) in [5, 5.41) is 10.3. The van der Waals surface area contributed by atoms with Crippen molar-refractivity contribution in [3.8, 4) is 22.8 Å². The van der Waals surface area contributed by atoms with Crippen molar-refractivity contribution < 1.29 is 5.11 Å². The van der Waals surface area contributed by atoms with Crippen LogP contribution in [0.5, 0.6) is 5.75 Å². The number of para-hydroxylation sites is 2. The number of nitrogens with one attached hydrogen (secondary N) is 1. The van der Waals surface area contributed by atoms with Crippen LogP contribution >= 0.6 is 0 Å². The molecule has 0 aliphatic rings. The highest BCUT2D eigenvalue weighted by molar-refractivity contribution is 5.85. The molecule has 0 amide bonds. The van der Waals surface area contributed by atoms with Crippen LogP contribution in [0.15, 0.2) is 55.0 Å². The van der Waals surface area contributed by atoms with Crippen molar-refractivity contribution in [1.29, 1.82) is 0 Å². The summed E-state index contributed by atoms with van der Waals surface area (Å²) in [5.74, 6) is 1.02. The summed E-state index contributed by atoms with van der Waals surface area (Å²) in [6.07, 6.45) is 4.93. The van der Waals surface area contributed by atoms with Crippen LogP contribution in [0.1, 0.15) is 0 Å². The Bertz CT molecular complexity index is 922. The van der Waals surface area contributed by atoms with E-state index in [2.05, 4.69) is 15.0 Å². The molecule has 0 aliphatic carbocycles. The minimum Gasteiger partial charge on any atom is -0.505 e. The Hall–Kier alpha value is -3.28.